The van der Waals surface area contributed by atoms with E-state index in [9.17, 15) is 0 Å². The molecule has 1 aliphatic carbocycles. The van der Waals surface area contributed by atoms with Gasteiger partial charge in [0, 0.05) is 19.1 Å². The van der Waals surface area contributed by atoms with Crippen molar-refractivity contribution in [2.75, 3.05) is 0 Å². The highest BCUT2D eigenvalue weighted by Gasteiger charge is 2.23. The SMILES string of the molecule is CCn1nc(C)cc1CNC(C)CC1CC1. The van der Waals surface area contributed by atoms with Crippen LogP contribution < -0.4 is 5.32 Å². The molecule has 0 amide bonds. The zero-order valence-electron chi connectivity index (χ0n) is 10.7. The second-order valence-electron chi connectivity index (χ2n) is 5.05. The Balaban J connectivity index is 1.82. The molecule has 16 heavy (non-hydrogen) atoms. The van der Waals surface area contributed by atoms with Crippen molar-refractivity contribution in [3.63, 3.8) is 0 Å². The van der Waals surface area contributed by atoms with Gasteiger partial charge >= 0.3 is 0 Å². The topological polar surface area (TPSA) is 29.9 Å². The maximum atomic E-state index is 4.46. The minimum Gasteiger partial charge on any atom is -0.309 e. The lowest BCUT2D eigenvalue weighted by Crippen LogP contribution is -2.27. The summed E-state index contributed by atoms with van der Waals surface area (Å²) in [6, 6.07) is 2.81. The van der Waals surface area contributed by atoms with Gasteiger partial charge in [-0.15, -0.1) is 0 Å². The van der Waals surface area contributed by atoms with Crippen molar-refractivity contribution in [2.45, 2.75) is 59.2 Å². The van der Waals surface area contributed by atoms with Crippen LogP contribution in [0.2, 0.25) is 0 Å². The molecular formula is C13H23N3. The van der Waals surface area contributed by atoms with E-state index < -0.39 is 0 Å². The molecule has 0 saturated heterocycles. The fourth-order valence-electron chi connectivity index (χ4n) is 2.23. The molecule has 0 aromatic carbocycles. The molecule has 3 nitrogen and oxygen atoms in total. The maximum absolute atomic E-state index is 4.46. The summed E-state index contributed by atoms with van der Waals surface area (Å²) in [5, 5.41) is 8.05. The van der Waals surface area contributed by atoms with Crippen LogP contribution in [0.4, 0.5) is 0 Å². The Morgan fingerprint density at radius 2 is 2.31 bits per heavy atom. The molecule has 0 aliphatic heterocycles. The average molecular weight is 221 g/mol. The second kappa shape index (κ2) is 5.00. The lowest BCUT2D eigenvalue weighted by atomic mass is 10.1. The highest BCUT2D eigenvalue weighted by molar-refractivity contribution is 5.08. The summed E-state index contributed by atoms with van der Waals surface area (Å²) in [5.74, 6) is 1.00. The molecular weight excluding hydrogens is 198 g/mol. The molecule has 3 heteroatoms. The summed E-state index contributed by atoms with van der Waals surface area (Å²) in [5.41, 5.74) is 2.43. The Bertz CT molecular complexity index is 339. The van der Waals surface area contributed by atoms with Crippen LogP contribution in [0.5, 0.6) is 0 Å². The molecule has 1 aliphatic rings. The van der Waals surface area contributed by atoms with Crippen LogP contribution in [-0.4, -0.2) is 15.8 Å². The van der Waals surface area contributed by atoms with Gasteiger partial charge in [-0.05, 0) is 39.2 Å². The normalized spacial score (nSPS) is 17.7. The van der Waals surface area contributed by atoms with E-state index >= 15 is 0 Å². The van der Waals surface area contributed by atoms with E-state index in [1.165, 1.54) is 25.0 Å². The van der Waals surface area contributed by atoms with E-state index in [-0.39, 0.29) is 0 Å². The predicted molar refractivity (Wildman–Crippen MR) is 66.3 cm³/mol. The largest absolute Gasteiger partial charge is 0.309 e. The van der Waals surface area contributed by atoms with Gasteiger partial charge in [-0.3, -0.25) is 4.68 Å². The van der Waals surface area contributed by atoms with Crippen molar-refractivity contribution >= 4 is 0 Å². The third kappa shape index (κ3) is 3.08. The molecule has 0 bridgehead atoms. The Labute approximate surface area is 98.2 Å². The monoisotopic (exact) mass is 221 g/mol. The van der Waals surface area contributed by atoms with E-state index in [0.29, 0.717) is 6.04 Å². The third-order valence-corrected chi connectivity index (χ3v) is 3.30. The second-order valence-corrected chi connectivity index (χ2v) is 5.05. The fraction of sp³-hybridized carbons (Fsp3) is 0.769. The van der Waals surface area contributed by atoms with Crippen LogP contribution in [0.25, 0.3) is 0 Å². The van der Waals surface area contributed by atoms with Crippen molar-refractivity contribution < 1.29 is 0 Å². The summed E-state index contributed by atoms with van der Waals surface area (Å²) in [6.45, 7) is 8.40. The first-order valence-corrected chi connectivity index (χ1v) is 6.45. The van der Waals surface area contributed by atoms with Gasteiger partial charge in [-0.2, -0.15) is 5.10 Å². The summed E-state index contributed by atoms with van der Waals surface area (Å²) in [4.78, 5) is 0. The standard InChI is InChI=1S/C13H23N3/c1-4-16-13(8-11(3)15-16)9-14-10(2)7-12-5-6-12/h8,10,12,14H,4-7,9H2,1-3H3. The Morgan fingerprint density at radius 1 is 1.56 bits per heavy atom. The first-order chi connectivity index (χ1) is 7.69. The minimum absolute atomic E-state index is 0.632. The lowest BCUT2D eigenvalue weighted by molar-refractivity contribution is 0.471. The molecule has 1 aromatic rings. The highest BCUT2D eigenvalue weighted by Crippen LogP contribution is 2.33. The lowest BCUT2D eigenvalue weighted by Gasteiger charge is -2.13. The molecule has 1 aromatic heterocycles. The molecule has 1 saturated carbocycles. The van der Waals surface area contributed by atoms with Crippen LogP contribution in [0.3, 0.4) is 0 Å². The molecule has 2 rings (SSSR count). The molecule has 1 atom stereocenters. The number of nitrogens with zero attached hydrogens (tertiary/aromatic N) is 2. The number of aryl methyl sites for hydroxylation is 2. The molecule has 0 spiro atoms. The molecule has 1 unspecified atom stereocenters. The van der Waals surface area contributed by atoms with E-state index in [4.69, 9.17) is 0 Å². The predicted octanol–water partition coefficient (Wildman–Crippen LogP) is 2.49. The molecule has 1 heterocycles. The zero-order chi connectivity index (χ0) is 11.5. The van der Waals surface area contributed by atoms with Gasteiger partial charge in [0.1, 0.15) is 0 Å². The van der Waals surface area contributed by atoms with Crippen LogP contribution >= 0.6 is 0 Å². The molecule has 1 fully saturated rings. The van der Waals surface area contributed by atoms with Crippen LogP contribution in [-0.2, 0) is 13.1 Å². The van der Waals surface area contributed by atoms with Gasteiger partial charge in [0.15, 0.2) is 0 Å². The van der Waals surface area contributed by atoms with Gasteiger partial charge in [0.2, 0.25) is 0 Å². The average Bonchev–Trinajstić information content (AvgIpc) is 2.97. The maximum Gasteiger partial charge on any atom is 0.0597 e. The number of hydrogen-bond donors (Lipinski definition) is 1. The van der Waals surface area contributed by atoms with Crippen molar-refractivity contribution in [1.29, 1.82) is 0 Å². The number of aromatic nitrogens is 2. The van der Waals surface area contributed by atoms with Gasteiger partial charge in [-0.1, -0.05) is 12.8 Å². The van der Waals surface area contributed by atoms with Crippen molar-refractivity contribution in [1.82, 2.24) is 15.1 Å². The van der Waals surface area contributed by atoms with Gasteiger partial charge in [0.05, 0.1) is 11.4 Å². The summed E-state index contributed by atoms with van der Waals surface area (Å²) >= 11 is 0. The van der Waals surface area contributed by atoms with Gasteiger partial charge < -0.3 is 5.32 Å². The Hall–Kier alpha value is -0.830. The Kier molecular flexibility index (Phi) is 3.64. The third-order valence-electron chi connectivity index (χ3n) is 3.30. The summed E-state index contributed by atoms with van der Waals surface area (Å²) in [7, 11) is 0. The smallest absolute Gasteiger partial charge is 0.0597 e. The zero-order valence-corrected chi connectivity index (χ0v) is 10.7. The number of rotatable bonds is 6. The first kappa shape index (κ1) is 11.6. The van der Waals surface area contributed by atoms with Crippen molar-refractivity contribution in [2.24, 2.45) is 5.92 Å². The highest BCUT2D eigenvalue weighted by atomic mass is 15.3. The van der Waals surface area contributed by atoms with E-state index in [0.717, 1.165) is 24.7 Å². The van der Waals surface area contributed by atoms with E-state index in [2.05, 4.69) is 41.9 Å². The fourth-order valence-corrected chi connectivity index (χ4v) is 2.23. The first-order valence-electron chi connectivity index (χ1n) is 6.45. The minimum atomic E-state index is 0.632. The number of hydrogen-bond acceptors (Lipinski definition) is 2. The Morgan fingerprint density at radius 3 is 2.94 bits per heavy atom. The van der Waals surface area contributed by atoms with Crippen LogP contribution in [0, 0.1) is 12.8 Å². The molecule has 90 valence electrons. The van der Waals surface area contributed by atoms with Gasteiger partial charge in [-0.25, -0.2) is 0 Å². The molecule has 1 N–H and O–H groups in total. The van der Waals surface area contributed by atoms with E-state index in [1.54, 1.807) is 0 Å². The summed E-state index contributed by atoms with van der Waals surface area (Å²) < 4.78 is 2.09. The van der Waals surface area contributed by atoms with Crippen LogP contribution in [0.15, 0.2) is 6.07 Å². The van der Waals surface area contributed by atoms with Crippen molar-refractivity contribution in [3.05, 3.63) is 17.5 Å². The van der Waals surface area contributed by atoms with E-state index in [1.807, 2.05) is 0 Å². The van der Waals surface area contributed by atoms with Crippen LogP contribution in [0.1, 0.15) is 44.5 Å². The quantitative estimate of drug-likeness (QED) is 0.800. The number of nitrogens with one attached hydrogen (secondary N) is 1. The summed E-state index contributed by atoms with van der Waals surface area (Å²) in [6.07, 6.45) is 4.22. The van der Waals surface area contributed by atoms with Crippen molar-refractivity contribution in [3.8, 4) is 0 Å². The van der Waals surface area contributed by atoms with Gasteiger partial charge in [0.25, 0.3) is 0 Å². The molecule has 0 radical (unpaired) electrons.